The van der Waals surface area contributed by atoms with E-state index < -0.39 is 0 Å². The van der Waals surface area contributed by atoms with Crippen LogP contribution in [0, 0.1) is 0 Å². The maximum absolute atomic E-state index is 6.14. The van der Waals surface area contributed by atoms with Gasteiger partial charge in [-0.05, 0) is 67.1 Å². The highest BCUT2D eigenvalue weighted by molar-refractivity contribution is 9.10. The van der Waals surface area contributed by atoms with Crippen molar-refractivity contribution >= 4 is 38.6 Å². The van der Waals surface area contributed by atoms with Crippen LogP contribution in [0.5, 0.6) is 17.2 Å². The molecular formula is C33H27BrN4O2S. The van der Waals surface area contributed by atoms with Crippen molar-refractivity contribution in [1.82, 2.24) is 19.7 Å². The molecule has 41 heavy (non-hydrogen) atoms. The van der Waals surface area contributed by atoms with Crippen LogP contribution in [0.3, 0.4) is 0 Å². The zero-order valence-electron chi connectivity index (χ0n) is 22.6. The molecule has 0 saturated heterocycles. The molecule has 6 rings (SSSR count). The van der Waals surface area contributed by atoms with Crippen LogP contribution in [0.25, 0.3) is 33.5 Å². The van der Waals surface area contributed by atoms with Gasteiger partial charge in [-0.1, -0.05) is 70.2 Å². The number of thioether (sulfide) groups is 1. The lowest BCUT2D eigenvalue weighted by Gasteiger charge is -2.14. The Morgan fingerprint density at radius 2 is 1.59 bits per heavy atom. The quantitative estimate of drug-likeness (QED) is 0.150. The Kier molecular flexibility index (Phi) is 8.02. The third-order valence-electron chi connectivity index (χ3n) is 6.58. The first-order valence-electron chi connectivity index (χ1n) is 13.3. The van der Waals surface area contributed by atoms with Crippen LogP contribution in [0.4, 0.5) is 0 Å². The maximum Gasteiger partial charge on any atom is 0.191 e. The molecule has 0 atom stereocenters. The van der Waals surface area contributed by atoms with E-state index in [9.17, 15) is 0 Å². The lowest BCUT2D eigenvalue weighted by molar-refractivity contribution is 0.341. The summed E-state index contributed by atoms with van der Waals surface area (Å²) in [6, 6.07) is 34.1. The molecule has 0 fully saturated rings. The Balaban J connectivity index is 1.43. The molecule has 0 bridgehead atoms. The van der Waals surface area contributed by atoms with Gasteiger partial charge in [-0.25, -0.2) is 4.98 Å². The van der Waals surface area contributed by atoms with Crippen LogP contribution >= 0.6 is 27.7 Å². The molecule has 0 aliphatic heterocycles. The molecule has 0 radical (unpaired) electrons. The molecule has 204 valence electrons. The van der Waals surface area contributed by atoms with Gasteiger partial charge >= 0.3 is 0 Å². The number of aromatic nitrogens is 4. The highest BCUT2D eigenvalue weighted by atomic mass is 79.9. The predicted octanol–water partition coefficient (Wildman–Crippen LogP) is 8.94. The number of fused-ring (bicyclic) bond motifs is 1. The van der Waals surface area contributed by atoms with Gasteiger partial charge in [-0.2, -0.15) is 0 Å². The van der Waals surface area contributed by atoms with E-state index in [0.717, 1.165) is 60.4 Å². The summed E-state index contributed by atoms with van der Waals surface area (Å²) in [7, 11) is 2.01. The minimum Gasteiger partial charge on any atom is -0.493 e. The van der Waals surface area contributed by atoms with E-state index in [0.29, 0.717) is 12.4 Å². The summed E-state index contributed by atoms with van der Waals surface area (Å²) in [4.78, 5) is 5.07. The normalized spacial score (nSPS) is 11.1. The fourth-order valence-electron chi connectivity index (χ4n) is 4.58. The molecule has 0 aliphatic carbocycles. The number of nitrogens with zero attached hydrogens (tertiary/aromatic N) is 4. The summed E-state index contributed by atoms with van der Waals surface area (Å²) in [6.45, 7) is 2.55. The van der Waals surface area contributed by atoms with Crippen molar-refractivity contribution < 1.29 is 9.47 Å². The number of benzene rings is 4. The summed E-state index contributed by atoms with van der Waals surface area (Å²) in [5.41, 5.74) is 4.66. The van der Waals surface area contributed by atoms with E-state index in [1.165, 1.54) is 5.56 Å². The van der Waals surface area contributed by atoms with Crippen LogP contribution in [0.2, 0.25) is 0 Å². The van der Waals surface area contributed by atoms with Gasteiger partial charge in [0.1, 0.15) is 17.2 Å². The Labute approximate surface area is 251 Å². The number of rotatable bonds is 9. The van der Waals surface area contributed by atoms with Gasteiger partial charge in [0.25, 0.3) is 0 Å². The molecule has 6 aromatic rings. The van der Waals surface area contributed by atoms with Crippen molar-refractivity contribution in [2.75, 3.05) is 6.61 Å². The van der Waals surface area contributed by atoms with Crippen LogP contribution in [-0.4, -0.2) is 26.4 Å². The summed E-state index contributed by atoms with van der Waals surface area (Å²) >= 11 is 5.16. The third-order valence-corrected chi connectivity index (χ3v) is 8.20. The predicted molar refractivity (Wildman–Crippen MR) is 169 cm³/mol. The molecule has 8 heteroatoms. The van der Waals surface area contributed by atoms with Gasteiger partial charge in [0.05, 0.1) is 17.8 Å². The van der Waals surface area contributed by atoms with E-state index in [1.807, 2.05) is 91.3 Å². The Bertz CT molecular complexity index is 1810. The number of halogens is 1. The van der Waals surface area contributed by atoms with E-state index >= 15 is 0 Å². The molecular weight excluding hydrogens is 596 g/mol. The number of hydrogen-bond acceptors (Lipinski definition) is 6. The van der Waals surface area contributed by atoms with Gasteiger partial charge in [0.2, 0.25) is 0 Å². The third kappa shape index (κ3) is 5.99. The molecule has 0 amide bonds. The van der Waals surface area contributed by atoms with Gasteiger partial charge in [-0.15, -0.1) is 10.2 Å². The monoisotopic (exact) mass is 622 g/mol. The Morgan fingerprint density at radius 3 is 2.39 bits per heavy atom. The van der Waals surface area contributed by atoms with E-state index in [1.54, 1.807) is 11.8 Å². The molecule has 0 aliphatic rings. The van der Waals surface area contributed by atoms with Gasteiger partial charge < -0.3 is 14.0 Å². The molecule has 4 aromatic carbocycles. The van der Waals surface area contributed by atoms with E-state index in [4.69, 9.17) is 14.5 Å². The highest BCUT2D eigenvalue weighted by Gasteiger charge is 2.18. The number of pyridine rings is 1. The standard InChI is InChI=1S/C33H27BrN4O2S/c1-3-39-31-12-8-7-11-27(31)30-20-28(26-18-17-25(19-29(26)35-30)40-24-9-5-4-6-10-24)32-36-37-33(38(32)2)41-21-22-13-15-23(34)16-14-22/h4-20H,3,21H2,1-2H3. The molecule has 0 spiro atoms. The van der Waals surface area contributed by atoms with Crippen LogP contribution in [-0.2, 0) is 12.8 Å². The molecule has 2 aromatic heterocycles. The highest BCUT2D eigenvalue weighted by Crippen LogP contribution is 2.37. The van der Waals surface area contributed by atoms with Crippen LogP contribution in [0.1, 0.15) is 12.5 Å². The lowest BCUT2D eigenvalue weighted by atomic mass is 10.0. The molecule has 6 nitrogen and oxygen atoms in total. The molecule has 0 N–H and O–H groups in total. The van der Waals surface area contributed by atoms with Crippen LogP contribution in [0.15, 0.2) is 113 Å². The molecule has 2 heterocycles. The number of para-hydroxylation sites is 2. The number of hydrogen-bond donors (Lipinski definition) is 0. The van der Waals surface area contributed by atoms with E-state index in [2.05, 4.69) is 56.5 Å². The summed E-state index contributed by atoms with van der Waals surface area (Å²) in [5.74, 6) is 3.83. The van der Waals surface area contributed by atoms with Crippen molar-refractivity contribution in [2.24, 2.45) is 7.05 Å². The maximum atomic E-state index is 6.14. The summed E-state index contributed by atoms with van der Waals surface area (Å²) < 4.78 is 15.2. The smallest absolute Gasteiger partial charge is 0.191 e. The second kappa shape index (κ2) is 12.2. The zero-order valence-corrected chi connectivity index (χ0v) is 25.0. The van der Waals surface area contributed by atoms with Crippen molar-refractivity contribution in [3.63, 3.8) is 0 Å². The minimum atomic E-state index is 0.564. The summed E-state index contributed by atoms with van der Waals surface area (Å²) in [6.07, 6.45) is 0. The fraction of sp³-hybridized carbons (Fsp3) is 0.121. The first kappa shape index (κ1) is 27.1. The first-order chi connectivity index (χ1) is 20.1. The van der Waals surface area contributed by atoms with Crippen molar-refractivity contribution in [3.8, 4) is 39.9 Å². The Hall–Kier alpha value is -4.14. The van der Waals surface area contributed by atoms with Crippen molar-refractivity contribution in [3.05, 3.63) is 113 Å². The minimum absolute atomic E-state index is 0.564. The van der Waals surface area contributed by atoms with E-state index in [-0.39, 0.29) is 0 Å². The number of ether oxygens (including phenoxy) is 2. The lowest BCUT2D eigenvalue weighted by Crippen LogP contribution is -1.99. The second-order valence-corrected chi connectivity index (χ2v) is 11.2. The van der Waals surface area contributed by atoms with Gasteiger partial charge in [0, 0.05) is 39.9 Å². The van der Waals surface area contributed by atoms with Crippen LogP contribution < -0.4 is 9.47 Å². The average Bonchev–Trinajstić information content (AvgIpc) is 3.37. The Morgan fingerprint density at radius 1 is 0.805 bits per heavy atom. The van der Waals surface area contributed by atoms with Gasteiger partial charge in [-0.3, -0.25) is 0 Å². The largest absolute Gasteiger partial charge is 0.493 e. The van der Waals surface area contributed by atoms with Gasteiger partial charge in [0.15, 0.2) is 11.0 Å². The topological polar surface area (TPSA) is 62.1 Å². The van der Waals surface area contributed by atoms with Crippen molar-refractivity contribution in [1.29, 1.82) is 0 Å². The first-order valence-corrected chi connectivity index (χ1v) is 15.0. The SMILES string of the molecule is CCOc1ccccc1-c1cc(-c2nnc(SCc3ccc(Br)cc3)n2C)c2ccc(Oc3ccccc3)cc2n1. The second-order valence-electron chi connectivity index (χ2n) is 9.36. The average molecular weight is 624 g/mol. The molecule has 0 saturated carbocycles. The zero-order chi connectivity index (χ0) is 28.2. The fourth-order valence-corrected chi connectivity index (χ4v) is 5.71. The molecule has 0 unspecified atom stereocenters. The van der Waals surface area contributed by atoms with Crippen molar-refractivity contribution in [2.45, 2.75) is 17.8 Å². The summed E-state index contributed by atoms with van der Waals surface area (Å²) in [5, 5.41) is 11.0.